The summed E-state index contributed by atoms with van der Waals surface area (Å²) in [6.07, 6.45) is 7.92. The van der Waals surface area contributed by atoms with E-state index in [0.717, 1.165) is 12.8 Å². The summed E-state index contributed by atoms with van der Waals surface area (Å²) in [5, 5.41) is 17.9. The zero-order valence-corrected chi connectivity index (χ0v) is 9.63. The highest BCUT2D eigenvalue weighted by molar-refractivity contribution is 5.82. The molecule has 0 aromatic heterocycles. The van der Waals surface area contributed by atoms with Crippen LogP contribution in [0.15, 0.2) is 24.3 Å². The number of aliphatic hydroxyl groups is 2. The Hall–Kier alpha value is -1.13. The van der Waals surface area contributed by atoms with Gasteiger partial charge in [0, 0.05) is 19.1 Å². The SMILES string of the molecule is C/C=C/C=C/C(=O)OC(O)CCCCCO. The zero-order chi connectivity index (χ0) is 12.2. The summed E-state index contributed by atoms with van der Waals surface area (Å²) >= 11 is 0. The number of aliphatic hydroxyl groups excluding tert-OH is 2. The Balaban J connectivity index is 3.61. The van der Waals surface area contributed by atoms with Crippen LogP contribution >= 0.6 is 0 Å². The van der Waals surface area contributed by atoms with Crippen molar-refractivity contribution < 1.29 is 19.7 Å². The standard InChI is InChI=1S/C12H20O4/c1-2-3-5-8-11(14)16-12(15)9-6-4-7-10-13/h2-3,5,8,12-13,15H,4,6-7,9-10H2,1H3/b3-2+,8-5+. The number of carbonyl (C=O) groups is 1. The lowest BCUT2D eigenvalue weighted by Crippen LogP contribution is -2.15. The number of hydrogen-bond acceptors (Lipinski definition) is 4. The molecule has 2 N–H and O–H groups in total. The van der Waals surface area contributed by atoms with E-state index in [1.807, 2.05) is 6.92 Å². The first-order valence-electron chi connectivity index (χ1n) is 5.49. The number of esters is 1. The summed E-state index contributed by atoms with van der Waals surface area (Å²) in [6, 6.07) is 0. The summed E-state index contributed by atoms with van der Waals surface area (Å²) in [5.41, 5.74) is 0. The number of ether oxygens (including phenoxy) is 1. The maximum Gasteiger partial charge on any atom is 0.333 e. The van der Waals surface area contributed by atoms with E-state index < -0.39 is 12.3 Å². The van der Waals surface area contributed by atoms with Crippen molar-refractivity contribution in [3.63, 3.8) is 0 Å². The van der Waals surface area contributed by atoms with Gasteiger partial charge >= 0.3 is 5.97 Å². The fourth-order valence-electron chi connectivity index (χ4n) is 1.09. The van der Waals surface area contributed by atoms with E-state index in [9.17, 15) is 9.90 Å². The van der Waals surface area contributed by atoms with Crippen molar-refractivity contribution in [2.45, 2.75) is 38.9 Å². The highest BCUT2D eigenvalue weighted by atomic mass is 16.6. The summed E-state index contributed by atoms with van der Waals surface area (Å²) in [7, 11) is 0. The van der Waals surface area contributed by atoms with Gasteiger partial charge in [0.15, 0.2) is 0 Å². The maximum absolute atomic E-state index is 11.1. The minimum absolute atomic E-state index is 0.155. The fourth-order valence-corrected chi connectivity index (χ4v) is 1.09. The fraction of sp³-hybridized carbons (Fsp3) is 0.583. The van der Waals surface area contributed by atoms with Crippen LogP contribution in [0.25, 0.3) is 0 Å². The molecule has 0 aromatic rings. The lowest BCUT2D eigenvalue weighted by atomic mass is 10.2. The van der Waals surface area contributed by atoms with Crippen molar-refractivity contribution in [2.75, 3.05) is 6.61 Å². The smallest absolute Gasteiger partial charge is 0.333 e. The van der Waals surface area contributed by atoms with Gasteiger partial charge in [-0.15, -0.1) is 0 Å². The number of unbranched alkanes of at least 4 members (excludes halogenated alkanes) is 2. The number of carbonyl (C=O) groups excluding carboxylic acids is 1. The summed E-state index contributed by atoms with van der Waals surface area (Å²) in [5.74, 6) is -0.548. The molecule has 0 rings (SSSR count). The molecule has 0 heterocycles. The molecule has 92 valence electrons. The molecule has 0 radical (unpaired) electrons. The Morgan fingerprint density at radius 1 is 1.31 bits per heavy atom. The van der Waals surface area contributed by atoms with Crippen LogP contribution in [0.1, 0.15) is 32.6 Å². The van der Waals surface area contributed by atoms with E-state index in [2.05, 4.69) is 0 Å². The molecule has 1 unspecified atom stereocenters. The molecule has 0 bridgehead atoms. The van der Waals surface area contributed by atoms with Crippen LogP contribution in [0.5, 0.6) is 0 Å². The molecule has 0 aliphatic carbocycles. The van der Waals surface area contributed by atoms with Crippen molar-refractivity contribution in [3.8, 4) is 0 Å². The molecular formula is C12H20O4. The number of hydrogen-bond donors (Lipinski definition) is 2. The Morgan fingerprint density at radius 2 is 2.06 bits per heavy atom. The molecule has 0 aliphatic rings. The third-order valence-electron chi connectivity index (χ3n) is 1.90. The Morgan fingerprint density at radius 3 is 2.69 bits per heavy atom. The maximum atomic E-state index is 11.1. The first kappa shape index (κ1) is 14.9. The van der Waals surface area contributed by atoms with Gasteiger partial charge in [-0.3, -0.25) is 0 Å². The Kier molecular flexibility index (Phi) is 9.66. The minimum atomic E-state index is -1.05. The van der Waals surface area contributed by atoms with E-state index in [4.69, 9.17) is 9.84 Å². The third-order valence-corrected chi connectivity index (χ3v) is 1.90. The zero-order valence-electron chi connectivity index (χ0n) is 9.63. The second kappa shape index (κ2) is 10.4. The molecule has 0 saturated carbocycles. The molecule has 4 heteroatoms. The minimum Gasteiger partial charge on any atom is -0.433 e. The van der Waals surface area contributed by atoms with Gasteiger partial charge in [0.2, 0.25) is 6.29 Å². The second-order valence-corrected chi connectivity index (χ2v) is 3.35. The second-order valence-electron chi connectivity index (χ2n) is 3.35. The first-order valence-corrected chi connectivity index (χ1v) is 5.49. The average Bonchev–Trinajstić information content (AvgIpc) is 2.25. The topological polar surface area (TPSA) is 66.8 Å². The van der Waals surface area contributed by atoms with E-state index in [0.29, 0.717) is 12.8 Å². The van der Waals surface area contributed by atoms with Gasteiger partial charge < -0.3 is 14.9 Å². The van der Waals surface area contributed by atoms with E-state index in [1.165, 1.54) is 6.08 Å². The van der Waals surface area contributed by atoms with Crippen molar-refractivity contribution in [1.29, 1.82) is 0 Å². The molecule has 4 nitrogen and oxygen atoms in total. The van der Waals surface area contributed by atoms with Crippen LogP contribution in [-0.2, 0) is 9.53 Å². The van der Waals surface area contributed by atoms with E-state index >= 15 is 0 Å². The van der Waals surface area contributed by atoms with Crippen molar-refractivity contribution in [1.82, 2.24) is 0 Å². The Bertz CT molecular complexity index is 233. The third kappa shape index (κ3) is 9.43. The summed E-state index contributed by atoms with van der Waals surface area (Å²) < 4.78 is 4.71. The first-order chi connectivity index (χ1) is 7.70. The molecule has 16 heavy (non-hydrogen) atoms. The van der Waals surface area contributed by atoms with Gasteiger partial charge in [-0.1, -0.05) is 24.6 Å². The Labute approximate surface area is 96.2 Å². The van der Waals surface area contributed by atoms with E-state index in [1.54, 1.807) is 18.2 Å². The predicted molar refractivity (Wildman–Crippen MR) is 61.6 cm³/mol. The summed E-state index contributed by atoms with van der Waals surface area (Å²) in [6.45, 7) is 1.99. The highest BCUT2D eigenvalue weighted by Crippen LogP contribution is 2.04. The van der Waals surface area contributed by atoms with Crippen LogP contribution in [0, 0.1) is 0 Å². The van der Waals surface area contributed by atoms with Crippen LogP contribution < -0.4 is 0 Å². The van der Waals surface area contributed by atoms with Crippen LogP contribution in [0.2, 0.25) is 0 Å². The van der Waals surface area contributed by atoms with Gasteiger partial charge in [0.25, 0.3) is 0 Å². The number of allylic oxidation sites excluding steroid dienone is 3. The van der Waals surface area contributed by atoms with Crippen molar-refractivity contribution in [3.05, 3.63) is 24.3 Å². The van der Waals surface area contributed by atoms with E-state index in [-0.39, 0.29) is 6.61 Å². The summed E-state index contributed by atoms with van der Waals surface area (Å²) in [4.78, 5) is 11.1. The molecule has 0 saturated heterocycles. The van der Waals surface area contributed by atoms with Crippen LogP contribution in [0.4, 0.5) is 0 Å². The molecule has 0 spiro atoms. The molecule has 0 fully saturated rings. The van der Waals surface area contributed by atoms with Crippen molar-refractivity contribution in [2.24, 2.45) is 0 Å². The number of rotatable bonds is 8. The normalized spacial score (nSPS) is 13.4. The lowest BCUT2D eigenvalue weighted by molar-refractivity contribution is -0.162. The molecular weight excluding hydrogens is 208 g/mol. The molecule has 0 amide bonds. The van der Waals surface area contributed by atoms with Crippen LogP contribution in [-0.4, -0.2) is 29.1 Å². The average molecular weight is 228 g/mol. The van der Waals surface area contributed by atoms with Gasteiger partial charge in [0.1, 0.15) is 0 Å². The van der Waals surface area contributed by atoms with Crippen molar-refractivity contribution >= 4 is 5.97 Å². The largest absolute Gasteiger partial charge is 0.433 e. The van der Waals surface area contributed by atoms with Gasteiger partial charge in [-0.05, 0) is 19.8 Å². The molecule has 0 aromatic carbocycles. The van der Waals surface area contributed by atoms with Gasteiger partial charge in [0.05, 0.1) is 0 Å². The van der Waals surface area contributed by atoms with Gasteiger partial charge in [-0.25, -0.2) is 4.79 Å². The molecule has 0 aliphatic heterocycles. The lowest BCUT2D eigenvalue weighted by Gasteiger charge is -2.09. The quantitative estimate of drug-likeness (QED) is 0.217. The predicted octanol–water partition coefficient (Wildman–Crippen LogP) is 1.53. The molecule has 1 atom stereocenters. The monoisotopic (exact) mass is 228 g/mol. The van der Waals surface area contributed by atoms with Crippen LogP contribution in [0.3, 0.4) is 0 Å². The highest BCUT2D eigenvalue weighted by Gasteiger charge is 2.07. The van der Waals surface area contributed by atoms with Gasteiger partial charge in [-0.2, -0.15) is 0 Å².